The number of unbranched alkanes of at least 4 members (excludes halogenated alkanes) is 2. The molecule has 1 saturated heterocycles. The molecule has 0 radical (unpaired) electrons. The monoisotopic (exact) mass is 537 g/mol. The zero-order valence-electron chi connectivity index (χ0n) is 20.0. The molecule has 10 heteroatoms. The molecule has 0 saturated carbocycles. The van der Waals surface area contributed by atoms with Gasteiger partial charge in [-0.05, 0) is 36.8 Å². The Hall–Kier alpha value is -3.37. The average molecular weight is 538 g/mol. The molecule has 2 N–H and O–H groups in total. The van der Waals surface area contributed by atoms with Crippen molar-refractivity contribution in [2.45, 2.75) is 25.9 Å². The first-order valence-electron chi connectivity index (χ1n) is 11.8. The molecule has 8 nitrogen and oxygen atoms in total. The molecule has 0 aliphatic carbocycles. The van der Waals surface area contributed by atoms with Crippen LogP contribution in [0.15, 0.2) is 42.5 Å². The van der Waals surface area contributed by atoms with E-state index in [0.717, 1.165) is 17.5 Å². The molecular formula is C27H25Cl2N5O3. The van der Waals surface area contributed by atoms with Crippen molar-refractivity contribution in [1.29, 1.82) is 5.26 Å². The van der Waals surface area contributed by atoms with Crippen molar-refractivity contribution in [2.24, 2.45) is 0 Å². The molecule has 0 bridgehead atoms. The summed E-state index contributed by atoms with van der Waals surface area (Å²) in [5.41, 5.74) is 5.91. The maximum Gasteiger partial charge on any atom is 0.286 e. The molecule has 0 unspecified atom stereocenters. The third-order valence-electron chi connectivity index (χ3n) is 5.75. The second-order valence-electron chi connectivity index (χ2n) is 8.27. The predicted octanol–water partition coefficient (Wildman–Crippen LogP) is 4.36. The normalized spacial score (nSPS) is 13.5. The van der Waals surface area contributed by atoms with Crippen LogP contribution in [0, 0.1) is 23.2 Å². The summed E-state index contributed by atoms with van der Waals surface area (Å²) in [6.45, 7) is 1.72. The lowest BCUT2D eigenvalue weighted by molar-refractivity contribution is 0.0124. The number of benzene rings is 2. The number of amides is 1. The molecule has 0 atom stereocenters. The topological polar surface area (TPSA) is 103 Å². The molecule has 1 aliphatic heterocycles. The number of nitriles is 1. The van der Waals surface area contributed by atoms with Gasteiger partial charge in [0.2, 0.25) is 0 Å². The number of aromatic nitrogens is 2. The summed E-state index contributed by atoms with van der Waals surface area (Å²) in [6, 6.07) is 14.6. The van der Waals surface area contributed by atoms with Crippen molar-refractivity contribution >= 4 is 29.1 Å². The maximum atomic E-state index is 13.2. The zero-order valence-corrected chi connectivity index (χ0v) is 21.5. The van der Waals surface area contributed by atoms with Crippen molar-refractivity contribution < 1.29 is 14.6 Å². The smallest absolute Gasteiger partial charge is 0.286 e. The van der Waals surface area contributed by atoms with Crippen molar-refractivity contribution in [3.05, 3.63) is 69.3 Å². The molecule has 190 valence electrons. The van der Waals surface area contributed by atoms with Crippen LogP contribution in [0.25, 0.3) is 16.9 Å². The van der Waals surface area contributed by atoms with Crippen LogP contribution in [0.5, 0.6) is 0 Å². The van der Waals surface area contributed by atoms with E-state index in [0.29, 0.717) is 66.1 Å². The van der Waals surface area contributed by atoms with Crippen LogP contribution < -0.4 is 5.43 Å². The molecule has 1 amide bonds. The summed E-state index contributed by atoms with van der Waals surface area (Å²) < 4.78 is 6.90. The fourth-order valence-corrected chi connectivity index (χ4v) is 4.40. The van der Waals surface area contributed by atoms with Crippen molar-refractivity contribution in [3.8, 4) is 34.9 Å². The minimum absolute atomic E-state index is 0.0939. The van der Waals surface area contributed by atoms with Gasteiger partial charge in [-0.3, -0.25) is 10.2 Å². The van der Waals surface area contributed by atoms with E-state index >= 15 is 0 Å². The van der Waals surface area contributed by atoms with Crippen molar-refractivity contribution in [2.75, 3.05) is 26.3 Å². The van der Waals surface area contributed by atoms with Crippen LogP contribution in [0.2, 0.25) is 10.0 Å². The summed E-state index contributed by atoms with van der Waals surface area (Å²) in [4.78, 5) is 13.2. The quantitative estimate of drug-likeness (QED) is 0.342. The first-order chi connectivity index (χ1) is 18.0. The largest absolute Gasteiger partial charge is 0.392 e. The molecule has 37 heavy (non-hydrogen) atoms. The number of ether oxygens (including phenoxy) is 1. The highest BCUT2D eigenvalue weighted by molar-refractivity contribution is 6.35. The number of rotatable bonds is 7. The van der Waals surface area contributed by atoms with Crippen LogP contribution in [-0.2, 0) is 11.3 Å². The molecule has 1 aromatic heterocycles. The highest BCUT2D eigenvalue weighted by Crippen LogP contribution is 2.33. The van der Waals surface area contributed by atoms with E-state index < -0.39 is 12.5 Å². The Labute approximate surface area is 225 Å². The molecule has 2 aromatic carbocycles. The maximum absolute atomic E-state index is 13.2. The van der Waals surface area contributed by atoms with Crippen molar-refractivity contribution in [1.82, 2.24) is 20.2 Å². The number of carbonyl (C=O) groups is 1. The van der Waals surface area contributed by atoms with E-state index in [1.54, 1.807) is 27.9 Å². The predicted molar refractivity (Wildman–Crippen MR) is 141 cm³/mol. The lowest BCUT2D eigenvalue weighted by atomic mass is 10.0. The van der Waals surface area contributed by atoms with Gasteiger partial charge in [0.25, 0.3) is 5.91 Å². The second-order valence-corrected chi connectivity index (χ2v) is 9.12. The van der Waals surface area contributed by atoms with Crippen LogP contribution >= 0.6 is 23.2 Å². The van der Waals surface area contributed by atoms with Crippen LogP contribution in [-0.4, -0.2) is 52.1 Å². The van der Waals surface area contributed by atoms with Gasteiger partial charge >= 0.3 is 0 Å². The van der Waals surface area contributed by atoms with Gasteiger partial charge in [0.1, 0.15) is 0 Å². The Morgan fingerprint density at radius 3 is 2.57 bits per heavy atom. The first-order valence-corrected chi connectivity index (χ1v) is 12.6. The molecular weight excluding hydrogens is 513 g/mol. The van der Waals surface area contributed by atoms with Gasteiger partial charge in [-0.2, -0.15) is 10.4 Å². The Bertz CT molecular complexity index is 1360. The van der Waals surface area contributed by atoms with E-state index in [9.17, 15) is 9.90 Å². The number of carbonyl (C=O) groups excluding carboxylic acids is 1. The first kappa shape index (κ1) is 26.7. The highest BCUT2D eigenvalue weighted by Gasteiger charge is 2.26. The standard InChI is InChI=1S/C27H25Cl2N5O3/c28-21-10-11-24(23(29)17-21)34-26(20-8-6-19(7-9-20)5-3-1-2-4-12-30)22(18-35)25(31-34)27(36)32-33-13-15-37-16-14-33/h6-11,17,35H,1-2,4,13-16,18H2,(H,32,36). The van der Waals surface area contributed by atoms with Crippen LogP contribution in [0.3, 0.4) is 0 Å². The number of aliphatic hydroxyl groups excluding tert-OH is 1. The molecule has 1 fully saturated rings. The summed E-state index contributed by atoms with van der Waals surface area (Å²) in [5, 5.41) is 26.2. The number of aliphatic hydroxyl groups is 1. The third kappa shape index (κ3) is 6.50. The SMILES string of the molecule is N#CCCCC#Cc1ccc(-c2c(CO)c(C(=O)NN3CCOCC3)nn2-c2ccc(Cl)cc2Cl)cc1. The summed E-state index contributed by atoms with van der Waals surface area (Å²) in [5.74, 6) is 5.73. The number of halogens is 2. The summed E-state index contributed by atoms with van der Waals surface area (Å²) in [7, 11) is 0. The molecule has 4 rings (SSSR count). The van der Waals surface area contributed by atoms with E-state index in [4.69, 9.17) is 33.2 Å². The van der Waals surface area contributed by atoms with Gasteiger partial charge in [0.15, 0.2) is 5.69 Å². The number of hydrazine groups is 1. The van der Waals surface area contributed by atoms with Gasteiger partial charge < -0.3 is 9.84 Å². The number of morpholine rings is 1. The van der Waals surface area contributed by atoms with E-state index in [1.165, 1.54) is 0 Å². The Balaban J connectivity index is 1.74. The average Bonchev–Trinajstić information content (AvgIpc) is 3.29. The lowest BCUT2D eigenvalue weighted by Crippen LogP contribution is -2.48. The Morgan fingerprint density at radius 2 is 1.89 bits per heavy atom. The summed E-state index contributed by atoms with van der Waals surface area (Å²) in [6.07, 6.45) is 1.86. The van der Waals surface area contributed by atoms with Crippen LogP contribution in [0.1, 0.15) is 40.9 Å². The molecule has 3 aromatic rings. The van der Waals surface area contributed by atoms with Gasteiger partial charge in [-0.25, -0.2) is 9.69 Å². The fourth-order valence-electron chi connectivity index (χ4n) is 3.91. The zero-order chi connectivity index (χ0) is 26.2. The van der Waals surface area contributed by atoms with Crippen LogP contribution in [0.4, 0.5) is 0 Å². The number of hydrogen-bond acceptors (Lipinski definition) is 6. The lowest BCUT2D eigenvalue weighted by Gasteiger charge is -2.26. The van der Waals surface area contributed by atoms with Gasteiger partial charge in [0, 0.05) is 47.6 Å². The number of hydrogen-bond donors (Lipinski definition) is 2. The van der Waals surface area contributed by atoms with Gasteiger partial charge in [-0.1, -0.05) is 47.2 Å². The summed E-state index contributed by atoms with van der Waals surface area (Å²) >= 11 is 12.6. The molecule has 2 heterocycles. The highest BCUT2D eigenvalue weighted by atomic mass is 35.5. The minimum atomic E-state index is -0.434. The van der Waals surface area contributed by atoms with E-state index in [1.807, 2.05) is 24.3 Å². The van der Waals surface area contributed by atoms with E-state index in [2.05, 4.69) is 28.4 Å². The van der Waals surface area contributed by atoms with Gasteiger partial charge in [0.05, 0.1) is 42.3 Å². The Kier molecular flexibility index (Phi) is 9.19. The second kappa shape index (κ2) is 12.7. The molecule has 1 aliphatic rings. The third-order valence-corrected chi connectivity index (χ3v) is 6.28. The number of nitrogens with zero attached hydrogens (tertiary/aromatic N) is 4. The minimum Gasteiger partial charge on any atom is -0.392 e. The Morgan fingerprint density at radius 1 is 1.14 bits per heavy atom. The van der Waals surface area contributed by atoms with E-state index in [-0.39, 0.29) is 5.69 Å². The van der Waals surface area contributed by atoms with Crippen molar-refractivity contribution in [3.63, 3.8) is 0 Å². The number of nitrogens with one attached hydrogen (secondary N) is 1. The molecule has 0 spiro atoms. The fraction of sp³-hybridized carbons (Fsp3) is 0.296. The van der Waals surface area contributed by atoms with Gasteiger partial charge in [-0.15, -0.1) is 0 Å².